The Labute approximate surface area is 371 Å². The lowest BCUT2D eigenvalue weighted by Crippen LogP contribution is -2.68. The molecule has 2 aromatic rings. The number of ether oxygens (including phenoxy) is 2. The SMILES string of the molecule is CS(=O)(=O)CCN(COC1=C2C(=O)N3CCOC[C@H]3N([C@@H]3c4ccccc4SCc4c3ccc(F)c4F)N2C=CC1O)C(=O)CNC(=O)CNC(=O)CCCCCN1C(=O)C=CC1=O. The van der Waals surface area contributed by atoms with E-state index < -0.39 is 89.0 Å². The lowest BCUT2D eigenvalue weighted by molar-refractivity contribution is -0.191. The molecule has 0 aromatic heterocycles. The first-order chi connectivity index (χ1) is 30.6. The average Bonchev–Trinajstić information content (AvgIpc) is 3.49. The number of hydrogen-bond donors (Lipinski definition) is 3. The summed E-state index contributed by atoms with van der Waals surface area (Å²) in [6.07, 6.45) is 5.46. The Morgan fingerprint density at radius 2 is 1.73 bits per heavy atom. The molecule has 64 heavy (non-hydrogen) atoms. The molecule has 0 spiro atoms. The van der Waals surface area contributed by atoms with Gasteiger partial charge in [0.2, 0.25) is 17.7 Å². The summed E-state index contributed by atoms with van der Waals surface area (Å²) in [5, 5.41) is 19.5. The van der Waals surface area contributed by atoms with Crippen LogP contribution in [0, 0.1) is 11.6 Å². The van der Waals surface area contributed by atoms with Gasteiger partial charge in [-0.05, 0) is 42.2 Å². The van der Waals surface area contributed by atoms with Crippen LogP contribution in [0.3, 0.4) is 0 Å². The summed E-state index contributed by atoms with van der Waals surface area (Å²) in [5.41, 5.74) is 1.18. The third kappa shape index (κ3) is 10.3. The predicted molar refractivity (Wildman–Crippen MR) is 224 cm³/mol. The molecule has 0 radical (unpaired) electrons. The van der Waals surface area contributed by atoms with Gasteiger partial charge in [-0.15, -0.1) is 11.8 Å². The molecule has 3 atom stereocenters. The van der Waals surface area contributed by atoms with Crippen molar-refractivity contribution in [3.8, 4) is 0 Å². The van der Waals surface area contributed by atoms with Gasteiger partial charge in [0.15, 0.2) is 29.8 Å². The fourth-order valence-corrected chi connectivity index (χ4v) is 9.55. The van der Waals surface area contributed by atoms with Crippen LogP contribution in [0.2, 0.25) is 0 Å². The van der Waals surface area contributed by atoms with Gasteiger partial charge in [0, 0.05) is 66.9 Å². The Balaban J connectivity index is 1.05. The summed E-state index contributed by atoms with van der Waals surface area (Å²) < 4.78 is 66.8. The molecule has 3 N–H and O–H groups in total. The Hall–Kier alpha value is -5.68. The molecule has 5 aliphatic heterocycles. The minimum atomic E-state index is -3.63. The van der Waals surface area contributed by atoms with E-state index in [1.165, 1.54) is 52.2 Å². The number of carbonyl (C=O) groups excluding carboxylic acids is 6. The second kappa shape index (κ2) is 20.0. The first-order valence-electron chi connectivity index (χ1n) is 20.5. The number of unbranched alkanes of at least 4 members (excludes halogenated alkanes) is 2. The van der Waals surface area contributed by atoms with E-state index in [0.29, 0.717) is 24.8 Å². The number of hydrogen-bond acceptors (Lipinski definition) is 14. The molecule has 22 heteroatoms. The number of sulfone groups is 1. The van der Waals surface area contributed by atoms with Crippen molar-refractivity contribution >= 4 is 57.0 Å². The molecule has 2 aromatic carbocycles. The van der Waals surface area contributed by atoms with Gasteiger partial charge in [0.1, 0.15) is 22.1 Å². The number of hydrazine groups is 1. The van der Waals surface area contributed by atoms with E-state index >= 15 is 4.39 Å². The highest BCUT2D eigenvalue weighted by Gasteiger charge is 2.51. The third-order valence-electron chi connectivity index (χ3n) is 11.2. The van der Waals surface area contributed by atoms with Crippen LogP contribution in [0.5, 0.6) is 0 Å². The van der Waals surface area contributed by atoms with Crippen LogP contribution in [0.4, 0.5) is 8.78 Å². The number of rotatable bonds is 17. The van der Waals surface area contributed by atoms with Crippen molar-refractivity contribution in [2.75, 3.05) is 64.7 Å². The minimum Gasteiger partial charge on any atom is -0.472 e. The van der Waals surface area contributed by atoms with Crippen molar-refractivity contribution in [1.82, 2.24) is 35.4 Å². The van der Waals surface area contributed by atoms with E-state index in [2.05, 4.69) is 10.6 Å². The standard InChI is InChI=1S/C42H47F2N7O11S2/c1-64(59,60)20-18-47(37(57)22-46-33(54)21-45-32(53)9-3-2-6-15-49-35(55)12-13-36(49)56)25-62-41-30(52)14-16-50-40(41)42(58)48-17-19-61-23-34(48)51(50)39-26-10-11-29(43)38(44)28(26)24-63-31-8-5-4-7-27(31)39/h4-5,7-8,10-14,16,30,34,39,52H,2-3,6,9,15,17-25H2,1H3,(H,45,53)(H,46,54)/t30?,34-,39+/m1/s1. The molecular weight excluding hydrogens is 881 g/mol. The summed E-state index contributed by atoms with van der Waals surface area (Å²) >= 11 is 1.34. The molecule has 5 aliphatic rings. The van der Waals surface area contributed by atoms with E-state index in [0.717, 1.165) is 32.6 Å². The lowest BCUT2D eigenvalue weighted by atomic mass is 9.92. The van der Waals surface area contributed by atoms with Gasteiger partial charge in [-0.25, -0.2) is 17.2 Å². The molecule has 7 rings (SSSR count). The highest BCUT2D eigenvalue weighted by Crippen LogP contribution is 2.47. The normalized spacial score (nSPS) is 20.7. The summed E-state index contributed by atoms with van der Waals surface area (Å²) in [6, 6.07) is 9.13. The number of carbonyl (C=O) groups is 6. The van der Waals surface area contributed by atoms with Gasteiger partial charge >= 0.3 is 0 Å². The van der Waals surface area contributed by atoms with Crippen LogP contribution < -0.4 is 10.6 Å². The monoisotopic (exact) mass is 927 g/mol. The topological polar surface area (TPSA) is 216 Å². The van der Waals surface area contributed by atoms with Gasteiger partial charge < -0.3 is 35.0 Å². The minimum absolute atomic E-state index is 0.0431. The Bertz CT molecular complexity index is 2400. The molecule has 2 saturated heterocycles. The Morgan fingerprint density at radius 3 is 2.50 bits per heavy atom. The number of aliphatic hydroxyl groups excluding tert-OH is 1. The number of benzene rings is 2. The predicted octanol–water partition coefficient (Wildman–Crippen LogP) is 1.04. The summed E-state index contributed by atoms with van der Waals surface area (Å²) in [4.78, 5) is 80.8. The zero-order chi connectivity index (χ0) is 45.7. The Kier molecular flexibility index (Phi) is 14.5. The summed E-state index contributed by atoms with van der Waals surface area (Å²) in [6.45, 7) is -1.56. The van der Waals surface area contributed by atoms with Crippen molar-refractivity contribution in [1.29, 1.82) is 0 Å². The number of halogens is 2. The van der Waals surface area contributed by atoms with Gasteiger partial charge in [-0.2, -0.15) is 5.01 Å². The number of imide groups is 1. The third-order valence-corrected chi connectivity index (χ3v) is 13.2. The van der Waals surface area contributed by atoms with Gasteiger partial charge in [-0.1, -0.05) is 30.7 Å². The van der Waals surface area contributed by atoms with Crippen molar-refractivity contribution in [2.45, 2.75) is 54.6 Å². The highest BCUT2D eigenvalue weighted by atomic mass is 32.2. The largest absolute Gasteiger partial charge is 0.472 e. The van der Waals surface area contributed by atoms with Gasteiger partial charge in [0.05, 0.1) is 38.1 Å². The van der Waals surface area contributed by atoms with Crippen molar-refractivity contribution in [3.63, 3.8) is 0 Å². The molecule has 342 valence electrons. The fraction of sp³-hybridized carbons (Fsp3) is 0.429. The van der Waals surface area contributed by atoms with E-state index in [1.807, 2.05) is 24.3 Å². The molecule has 0 bridgehead atoms. The molecule has 6 amide bonds. The van der Waals surface area contributed by atoms with Crippen molar-refractivity contribution in [2.24, 2.45) is 0 Å². The quantitative estimate of drug-likeness (QED) is 0.115. The number of nitrogens with zero attached hydrogens (tertiary/aromatic N) is 5. The molecule has 0 saturated carbocycles. The number of morpholine rings is 1. The molecule has 1 unspecified atom stereocenters. The summed E-state index contributed by atoms with van der Waals surface area (Å²) in [5.74, 6) is -5.90. The molecule has 2 fully saturated rings. The van der Waals surface area contributed by atoms with Crippen LogP contribution >= 0.6 is 11.8 Å². The molecular formula is C42H47F2N7O11S2. The van der Waals surface area contributed by atoms with Crippen molar-refractivity contribution in [3.05, 3.63) is 101 Å². The number of aliphatic hydroxyl groups is 1. The van der Waals surface area contributed by atoms with Crippen LogP contribution in [0.1, 0.15) is 48.4 Å². The van der Waals surface area contributed by atoms with Gasteiger partial charge in [-0.3, -0.25) is 38.7 Å². The van der Waals surface area contributed by atoms with Crippen LogP contribution in [0.15, 0.2) is 77.2 Å². The highest BCUT2D eigenvalue weighted by molar-refractivity contribution is 7.98. The second-order valence-corrected chi connectivity index (χ2v) is 18.8. The van der Waals surface area contributed by atoms with Crippen LogP contribution in [-0.2, 0) is 53.8 Å². The fourth-order valence-electron chi connectivity index (χ4n) is 7.89. The van der Waals surface area contributed by atoms with E-state index in [4.69, 9.17) is 9.47 Å². The average molecular weight is 928 g/mol. The maximum atomic E-state index is 15.6. The zero-order valence-electron chi connectivity index (χ0n) is 34.7. The second-order valence-electron chi connectivity index (χ2n) is 15.5. The van der Waals surface area contributed by atoms with E-state index in [1.54, 1.807) is 5.01 Å². The molecule has 18 nitrogen and oxygen atoms in total. The van der Waals surface area contributed by atoms with Gasteiger partial charge in [0.25, 0.3) is 17.7 Å². The number of nitrogens with one attached hydrogen (secondary N) is 2. The Morgan fingerprint density at radius 1 is 0.984 bits per heavy atom. The smallest absolute Gasteiger partial charge is 0.277 e. The number of amides is 6. The van der Waals surface area contributed by atoms with E-state index in [9.17, 15) is 46.7 Å². The van der Waals surface area contributed by atoms with Crippen LogP contribution in [-0.4, -0.2) is 151 Å². The maximum absolute atomic E-state index is 15.6. The zero-order valence-corrected chi connectivity index (χ0v) is 36.4. The van der Waals surface area contributed by atoms with E-state index in [-0.39, 0.29) is 73.9 Å². The molecule has 0 aliphatic carbocycles. The maximum Gasteiger partial charge on any atom is 0.277 e. The lowest BCUT2D eigenvalue weighted by Gasteiger charge is -2.55. The van der Waals surface area contributed by atoms with Crippen molar-refractivity contribution < 1.29 is 60.5 Å². The first kappa shape index (κ1) is 46.3. The number of fused-ring (bicyclic) bond motifs is 4. The first-order valence-corrected chi connectivity index (χ1v) is 23.6. The van der Waals surface area contributed by atoms with Crippen LogP contribution in [0.25, 0.3) is 0 Å². The summed E-state index contributed by atoms with van der Waals surface area (Å²) in [7, 11) is -3.63. The molecule has 5 heterocycles. The number of thioether (sulfide) groups is 1.